The molecule has 158 valence electrons. The van der Waals surface area contributed by atoms with Crippen molar-refractivity contribution in [1.29, 1.82) is 0 Å². The second kappa shape index (κ2) is 9.44. The van der Waals surface area contributed by atoms with E-state index in [9.17, 15) is 4.79 Å². The quantitative estimate of drug-likeness (QED) is 0.434. The minimum absolute atomic E-state index is 0.144. The number of methoxy groups -OCH3 is 1. The van der Waals surface area contributed by atoms with Crippen LogP contribution in [0.15, 0.2) is 60.7 Å². The number of rotatable bonds is 8. The molecule has 0 unspecified atom stereocenters. The lowest BCUT2D eigenvalue weighted by atomic mass is 10.2. The van der Waals surface area contributed by atoms with Crippen LogP contribution in [0.25, 0.3) is 5.65 Å². The number of benzene rings is 2. The van der Waals surface area contributed by atoms with Gasteiger partial charge < -0.3 is 15.4 Å². The Morgan fingerprint density at radius 3 is 2.71 bits per heavy atom. The van der Waals surface area contributed by atoms with Crippen molar-refractivity contribution in [2.45, 2.75) is 19.4 Å². The average molecular weight is 437 g/mol. The number of amides is 1. The van der Waals surface area contributed by atoms with Gasteiger partial charge in [-0.15, -0.1) is 15.3 Å². The highest BCUT2D eigenvalue weighted by molar-refractivity contribution is 6.31. The molecule has 0 spiro atoms. The van der Waals surface area contributed by atoms with Crippen LogP contribution < -0.4 is 15.4 Å². The van der Waals surface area contributed by atoms with Gasteiger partial charge in [0.05, 0.1) is 12.8 Å². The molecule has 2 aromatic heterocycles. The molecule has 0 aliphatic rings. The average Bonchev–Trinajstić information content (AvgIpc) is 3.20. The van der Waals surface area contributed by atoms with Crippen molar-refractivity contribution >= 4 is 34.7 Å². The van der Waals surface area contributed by atoms with Gasteiger partial charge in [-0.05, 0) is 35.9 Å². The molecule has 0 saturated carbocycles. The van der Waals surface area contributed by atoms with Gasteiger partial charge in [0.25, 0.3) is 0 Å². The van der Waals surface area contributed by atoms with Crippen molar-refractivity contribution in [3.05, 3.63) is 77.1 Å². The Bertz CT molecular complexity index is 1210. The summed E-state index contributed by atoms with van der Waals surface area (Å²) in [7, 11) is 1.57. The Kier molecular flexibility index (Phi) is 6.28. The number of halogens is 1. The number of hydrogen-bond donors (Lipinski definition) is 2. The Hall–Kier alpha value is -3.65. The molecule has 0 radical (unpaired) electrons. The number of aryl methyl sites for hydroxylation is 1. The Balaban J connectivity index is 1.41. The topological polar surface area (TPSA) is 93.4 Å². The molecule has 0 atom stereocenters. The second-order valence-electron chi connectivity index (χ2n) is 6.80. The third-order valence-corrected chi connectivity index (χ3v) is 5.07. The largest absolute Gasteiger partial charge is 0.495 e. The zero-order chi connectivity index (χ0) is 21.6. The van der Waals surface area contributed by atoms with E-state index in [1.54, 1.807) is 23.8 Å². The summed E-state index contributed by atoms with van der Waals surface area (Å²) in [4.78, 5) is 12.4. The summed E-state index contributed by atoms with van der Waals surface area (Å²) in [6.45, 7) is 0.539. The van der Waals surface area contributed by atoms with E-state index in [0.717, 1.165) is 5.56 Å². The zero-order valence-corrected chi connectivity index (χ0v) is 17.6. The van der Waals surface area contributed by atoms with Crippen LogP contribution in [0, 0.1) is 0 Å². The fourth-order valence-corrected chi connectivity index (χ4v) is 3.30. The van der Waals surface area contributed by atoms with E-state index in [-0.39, 0.29) is 12.3 Å². The van der Waals surface area contributed by atoms with E-state index in [1.165, 1.54) is 0 Å². The lowest BCUT2D eigenvalue weighted by Crippen LogP contribution is -2.14. The summed E-state index contributed by atoms with van der Waals surface area (Å²) < 4.78 is 6.91. The molecule has 0 aliphatic heterocycles. The number of carbonyl (C=O) groups is 1. The van der Waals surface area contributed by atoms with Crippen molar-refractivity contribution < 1.29 is 9.53 Å². The molecule has 0 bridgehead atoms. The standard InChI is InChI=1S/C22H21ClN6O2/c1-31-18-9-5-4-8-17(18)25-22(30)13-12-21-27-26-20-11-10-19(28-29(20)21)24-14-15-6-2-3-7-16(15)23/h2-11H,12-14H2,1H3,(H,24,28)(H,25,30). The van der Waals surface area contributed by atoms with Crippen LogP contribution in [0.2, 0.25) is 5.02 Å². The van der Waals surface area contributed by atoms with E-state index >= 15 is 0 Å². The van der Waals surface area contributed by atoms with Gasteiger partial charge in [-0.2, -0.15) is 4.52 Å². The Labute approximate surface area is 184 Å². The van der Waals surface area contributed by atoms with Crippen LogP contribution in [0.5, 0.6) is 5.75 Å². The first-order chi connectivity index (χ1) is 15.1. The molecule has 0 saturated heterocycles. The van der Waals surface area contributed by atoms with E-state index < -0.39 is 0 Å². The fourth-order valence-electron chi connectivity index (χ4n) is 3.10. The number of aromatic nitrogens is 4. The van der Waals surface area contributed by atoms with Gasteiger partial charge in [0.2, 0.25) is 5.91 Å². The smallest absolute Gasteiger partial charge is 0.224 e. The van der Waals surface area contributed by atoms with Gasteiger partial charge in [0, 0.05) is 24.4 Å². The van der Waals surface area contributed by atoms with Crippen LogP contribution in [-0.2, 0) is 17.8 Å². The highest BCUT2D eigenvalue weighted by Gasteiger charge is 2.12. The molecule has 9 heteroatoms. The third kappa shape index (κ3) is 4.92. The molecule has 31 heavy (non-hydrogen) atoms. The van der Waals surface area contributed by atoms with Crippen molar-refractivity contribution in [1.82, 2.24) is 19.8 Å². The zero-order valence-electron chi connectivity index (χ0n) is 16.9. The van der Waals surface area contributed by atoms with Crippen molar-refractivity contribution in [2.75, 3.05) is 17.7 Å². The first kappa shape index (κ1) is 20.6. The minimum atomic E-state index is -0.144. The second-order valence-corrected chi connectivity index (χ2v) is 7.21. The summed E-state index contributed by atoms with van der Waals surface area (Å²) in [6, 6.07) is 18.6. The molecule has 8 nitrogen and oxygen atoms in total. The van der Waals surface area contributed by atoms with Crippen LogP contribution in [0.1, 0.15) is 17.8 Å². The number of fused-ring (bicyclic) bond motifs is 1. The SMILES string of the molecule is COc1ccccc1NC(=O)CCc1nnc2ccc(NCc3ccccc3Cl)nn12. The van der Waals surface area contributed by atoms with Gasteiger partial charge in [0.1, 0.15) is 11.6 Å². The predicted molar refractivity (Wildman–Crippen MR) is 120 cm³/mol. The lowest BCUT2D eigenvalue weighted by molar-refractivity contribution is -0.116. The molecular weight excluding hydrogens is 416 g/mol. The van der Waals surface area contributed by atoms with Crippen LogP contribution in [-0.4, -0.2) is 32.8 Å². The number of hydrogen-bond acceptors (Lipinski definition) is 6. The van der Waals surface area contributed by atoms with Crippen molar-refractivity contribution in [3.63, 3.8) is 0 Å². The number of nitrogens with one attached hydrogen (secondary N) is 2. The Morgan fingerprint density at radius 1 is 1.06 bits per heavy atom. The number of para-hydroxylation sites is 2. The molecular formula is C22H21ClN6O2. The van der Waals surface area contributed by atoms with Crippen LogP contribution in [0.4, 0.5) is 11.5 Å². The van der Waals surface area contributed by atoms with E-state index in [0.29, 0.717) is 46.7 Å². The third-order valence-electron chi connectivity index (χ3n) is 4.70. The van der Waals surface area contributed by atoms with E-state index in [4.69, 9.17) is 16.3 Å². The predicted octanol–water partition coefficient (Wildman–Crippen LogP) is 3.97. The highest BCUT2D eigenvalue weighted by atomic mass is 35.5. The molecule has 2 heterocycles. The summed E-state index contributed by atoms with van der Waals surface area (Å²) in [5.74, 6) is 1.73. The first-order valence-electron chi connectivity index (χ1n) is 9.75. The Morgan fingerprint density at radius 2 is 1.87 bits per heavy atom. The fraction of sp³-hybridized carbons (Fsp3) is 0.182. The number of anilines is 2. The minimum Gasteiger partial charge on any atom is -0.495 e. The summed E-state index contributed by atoms with van der Waals surface area (Å²) in [6.07, 6.45) is 0.626. The lowest BCUT2D eigenvalue weighted by Gasteiger charge is -2.09. The van der Waals surface area contributed by atoms with Crippen LogP contribution in [0.3, 0.4) is 0 Å². The van der Waals surface area contributed by atoms with Crippen molar-refractivity contribution in [3.8, 4) is 5.75 Å². The van der Waals surface area contributed by atoms with Gasteiger partial charge in [0.15, 0.2) is 11.5 Å². The molecule has 2 aromatic carbocycles. The molecule has 4 aromatic rings. The maximum atomic E-state index is 12.4. The van der Waals surface area contributed by atoms with Gasteiger partial charge in [-0.25, -0.2) is 0 Å². The van der Waals surface area contributed by atoms with Crippen molar-refractivity contribution in [2.24, 2.45) is 0 Å². The van der Waals surface area contributed by atoms with E-state index in [1.807, 2.05) is 48.5 Å². The summed E-state index contributed by atoms with van der Waals surface area (Å²) in [5, 5.41) is 19.7. The monoisotopic (exact) mass is 436 g/mol. The summed E-state index contributed by atoms with van der Waals surface area (Å²) >= 11 is 6.21. The molecule has 0 fully saturated rings. The normalized spacial score (nSPS) is 10.8. The van der Waals surface area contributed by atoms with E-state index in [2.05, 4.69) is 25.9 Å². The highest BCUT2D eigenvalue weighted by Crippen LogP contribution is 2.23. The van der Waals surface area contributed by atoms with Crippen LogP contribution >= 0.6 is 11.6 Å². The maximum Gasteiger partial charge on any atom is 0.224 e. The summed E-state index contributed by atoms with van der Waals surface area (Å²) in [5.41, 5.74) is 2.22. The van der Waals surface area contributed by atoms with Gasteiger partial charge >= 0.3 is 0 Å². The number of carbonyl (C=O) groups excluding carboxylic acids is 1. The molecule has 1 amide bonds. The van der Waals surface area contributed by atoms with Gasteiger partial charge in [-0.1, -0.05) is 41.9 Å². The first-order valence-corrected chi connectivity index (χ1v) is 10.1. The molecule has 2 N–H and O–H groups in total. The number of nitrogens with zero attached hydrogens (tertiary/aromatic N) is 4. The van der Waals surface area contributed by atoms with Gasteiger partial charge in [-0.3, -0.25) is 4.79 Å². The number of ether oxygens (including phenoxy) is 1. The maximum absolute atomic E-state index is 12.4. The molecule has 4 rings (SSSR count). The molecule has 0 aliphatic carbocycles.